The number of halogens is 2. The van der Waals surface area contributed by atoms with E-state index in [1.807, 2.05) is 12.1 Å². The number of aromatic nitrogens is 2. The van der Waals surface area contributed by atoms with Crippen LogP contribution in [0.15, 0.2) is 65.7 Å². The summed E-state index contributed by atoms with van der Waals surface area (Å²) in [6.45, 7) is 0. The van der Waals surface area contributed by atoms with Gasteiger partial charge in [-0.2, -0.15) is 0 Å². The van der Waals surface area contributed by atoms with E-state index >= 15 is 0 Å². The lowest BCUT2D eigenvalue weighted by Crippen LogP contribution is -2.26. The highest BCUT2D eigenvalue weighted by Crippen LogP contribution is 2.20. The van der Waals surface area contributed by atoms with Gasteiger partial charge in [0.1, 0.15) is 10.4 Å². The molecule has 0 saturated heterocycles. The molecule has 1 aromatic carbocycles. The van der Waals surface area contributed by atoms with Crippen molar-refractivity contribution < 1.29 is 9.18 Å². The number of rotatable bonds is 3. The van der Waals surface area contributed by atoms with Crippen molar-refractivity contribution in [3.05, 3.63) is 77.0 Å². The van der Waals surface area contributed by atoms with Gasteiger partial charge in [0.15, 0.2) is 0 Å². The first-order valence-corrected chi connectivity index (χ1v) is 7.68. The molecule has 6 heteroatoms. The zero-order valence-electron chi connectivity index (χ0n) is 12.3. The molecule has 0 saturated carbocycles. The number of anilines is 1. The molecule has 1 amide bonds. The molecule has 4 nitrogen and oxygen atoms in total. The zero-order chi connectivity index (χ0) is 16.4. The molecule has 116 valence electrons. The molecule has 3 rings (SSSR count). The molecule has 0 N–H and O–H groups in total. The molecule has 0 radical (unpaired) electrons. The second-order valence-corrected chi connectivity index (χ2v) is 5.77. The maximum Gasteiger partial charge on any atom is 0.258 e. The Balaban J connectivity index is 1.88. The fraction of sp³-hybridized carbons (Fsp3) is 0.0588. The maximum atomic E-state index is 14.3. The van der Waals surface area contributed by atoms with Gasteiger partial charge in [-0.25, -0.2) is 9.37 Å². The Labute approximate surface area is 141 Å². The molecule has 0 aliphatic heterocycles. The van der Waals surface area contributed by atoms with Gasteiger partial charge in [0.2, 0.25) is 0 Å². The van der Waals surface area contributed by atoms with Gasteiger partial charge in [-0.1, -0.05) is 0 Å². The summed E-state index contributed by atoms with van der Waals surface area (Å²) in [4.78, 5) is 18.0. The van der Waals surface area contributed by atoms with Crippen LogP contribution in [0, 0.1) is 5.82 Å². The Morgan fingerprint density at radius 3 is 2.57 bits per heavy atom. The summed E-state index contributed by atoms with van der Waals surface area (Å²) in [5, 5.41) is 0. The van der Waals surface area contributed by atoms with Crippen LogP contribution in [0.1, 0.15) is 10.4 Å². The Morgan fingerprint density at radius 1 is 1.22 bits per heavy atom. The van der Waals surface area contributed by atoms with E-state index in [-0.39, 0.29) is 11.5 Å². The third-order valence-corrected chi connectivity index (χ3v) is 3.95. The van der Waals surface area contributed by atoms with Gasteiger partial charge in [0, 0.05) is 25.0 Å². The smallest absolute Gasteiger partial charge is 0.258 e. The molecule has 0 aliphatic rings. The third-order valence-electron chi connectivity index (χ3n) is 3.48. The molecule has 3 aromatic rings. The zero-order valence-corrected chi connectivity index (χ0v) is 13.9. The van der Waals surface area contributed by atoms with Gasteiger partial charge in [-0.15, -0.1) is 0 Å². The van der Waals surface area contributed by atoms with E-state index in [2.05, 4.69) is 20.9 Å². The number of carbonyl (C=O) groups is 1. The van der Waals surface area contributed by atoms with Crippen LogP contribution in [-0.2, 0) is 0 Å². The van der Waals surface area contributed by atoms with Crippen molar-refractivity contribution in [2.24, 2.45) is 0 Å². The van der Waals surface area contributed by atoms with Gasteiger partial charge >= 0.3 is 0 Å². The van der Waals surface area contributed by atoms with E-state index in [0.717, 1.165) is 0 Å². The van der Waals surface area contributed by atoms with Crippen LogP contribution in [0.5, 0.6) is 0 Å². The Hall–Kier alpha value is -2.47. The number of nitrogens with zero attached hydrogens (tertiary/aromatic N) is 3. The van der Waals surface area contributed by atoms with Crippen molar-refractivity contribution in [3.8, 4) is 5.69 Å². The minimum atomic E-state index is -0.450. The quantitative estimate of drug-likeness (QED) is 0.649. The number of carbonyl (C=O) groups excluding carboxylic acids is 1. The van der Waals surface area contributed by atoms with E-state index in [1.54, 1.807) is 54.5 Å². The first-order valence-electron chi connectivity index (χ1n) is 6.89. The summed E-state index contributed by atoms with van der Waals surface area (Å²) in [6.07, 6.45) is 5.07. The van der Waals surface area contributed by atoms with Gasteiger partial charge in [0.25, 0.3) is 5.91 Å². The number of hydrogen-bond donors (Lipinski definition) is 0. The highest BCUT2D eigenvalue weighted by molar-refractivity contribution is 9.10. The van der Waals surface area contributed by atoms with Crippen LogP contribution >= 0.6 is 15.9 Å². The standard InChI is InChI=1S/C17H13BrFN3O/c1-21(13-5-7-16(18)20-11-13)17(23)12-4-6-15(14(19)10-12)22-8-2-3-9-22/h2-11H,1H3. The van der Waals surface area contributed by atoms with Crippen LogP contribution in [0.2, 0.25) is 0 Å². The molecule has 2 heterocycles. The van der Waals surface area contributed by atoms with Gasteiger partial charge in [-0.3, -0.25) is 4.79 Å². The summed E-state index contributed by atoms with van der Waals surface area (Å²) in [6, 6.07) is 11.6. The van der Waals surface area contributed by atoms with Gasteiger partial charge in [-0.05, 0) is 58.4 Å². The van der Waals surface area contributed by atoms with Gasteiger partial charge in [0.05, 0.1) is 17.6 Å². The largest absolute Gasteiger partial charge is 0.321 e. The normalized spacial score (nSPS) is 10.6. The van der Waals surface area contributed by atoms with Crippen LogP contribution in [-0.4, -0.2) is 22.5 Å². The average molecular weight is 374 g/mol. The highest BCUT2D eigenvalue weighted by Gasteiger charge is 2.16. The molecule has 0 bridgehead atoms. The lowest BCUT2D eigenvalue weighted by molar-refractivity contribution is 0.0992. The maximum absolute atomic E-state index is 14.3. The molecule has 0 spiro atoms. The Kier molecular flexibility index (Phi) is 4.25. The summed E-state index contributed by atoms with van der Waals surface area (Å²) < 4.78 is 16.6. The molecule has 0 fully saturated rings. The van der Waals surface area contributed by atoms with Crippen LogP contribution in [0.25, 0.3) is 5.69 Å². The SMILES string of the molecule is CN(C(=O)c1ccc(-n2cccc2)c(F)c1)c1ccc(Br)nc1. The second-order valence-electron chi connectivity index (χ2n) is 4.96. The lowest BCUT2D eigenvalue weighted by atomic mass is 10.1. The second kappa shape index (κ2) is 6.34. The van der Waals surface area contributed by atoms with E-state index in [1.165, 1.54) is 11.0 Å². The fourth-order valence-electron chi connectivity index (χ4n) is 2.22. The third kappa shape index (κ3) is 3.17. The number of amides is 1. The minimum Gasteiger partial charge on any atom is -0.321 e. The summed E-state index contributed by atoms with van der Waals surface area (Å²) >= 11 is 3.25. The van der Waals surface area contributed by atoms with E-state index in [0.29, 0.717) is 16.0 Å². The molecule has 0 aliphatic carbocycles. The number of pyridine rings is 1. The van der Waals surface area contributed by atoms with Crippen molar-refractivity contribution in [3.63, 3.8) is 0 Å². The Morgan fingerprint density at radius 2 is 1.96 bits per heavy atom. The van der Waals surface area contributed by atoms with Crippen molar-refractivity contribution in [1.82, 2.24) is 9.55 Å². The molecule has 0 atom stereocenters. The summed E-state index contributed by atoms with van der Waals surface area (Å²) in [5.41, 5.74) is 1.32. The molecular weight excluding hydrogens is 361 g/mol. The van der Waals surface area contributed by atoms with Crippen LogP contribution in [0.4, 0.5) is 10.1 Å². The number of benzene rings is 1. The summed E-state index contributed by atoms with van der Waals surface area (Å²) in [7, 11) is 1.63. The van der Waals surface area contributed by atoms with Crippen molar-refractivity contribution in [2.75, 3.05) is 11.9 Å². The lowest BCUT2D eigenvalue weighted by Gasteiger charge is -2.17. The van der Waals surface area contributed by atoms with Crippen LogP contribution < -0.4 is 4.90 Å². The molecule has 0 unspecified atom stereocenters. The first-order chi connectivity index (χ1) is 11.1. The average Bonchev–Trinajstić information content (AvgIpc) is 3.08. The number of hydrogen-bond acceptors (Lipinski definition) is 2. The van der Waals surface area contributed by atoms with E-state index < -0.39 is 5.82 Å². The van der Waals surface area contributed by atoms with Gasteiger partial charge < -0.3 is 9.47 Å². The fourth-order valence-corrected chi connectivity index (χ4v) is 2.46. The van der Waals surface area contributed by atoms with Crippen molar-refractivity contribution in [2.45, 2.75) is 0 Å². The van der Waals surface area contributed by atoms with Crippen molar-refractivity contribution in [1.29, 1.82) is 0 Å². The van der Waals surface area contributed by atoms with E-state index in [9.17, 15) is 9.18 Å². The molecular formula is C17H13BrFN3O. The first kappa shape index (κ1) is 15.4. The summed E-state index contributed by atoms with van der Waals surface area (Å²) in [5.74, 6) is -0.749. The monoisotopic (exact) mass is 373 g/mol. The van der Waals surface area contributed by atoms with E-state index in [4.69, 9.17) is 0 Å². The Bertz CT molecular complexity index is 832. The topological polar surface area (TPSA) is 38.1 Å². The predicted molar refractivity (Wildman–Crippen MR) is 90.4 cm³/mol. The molecule has 2 aromatic heterocycles. The minimum absolute atomic E-state index is 0.281. The van der Waals surface area contributed by atoms with Crippen molar-refractivity contribution >= 4 is 27.5 Å². The predicted octanol–water partition coefficient (Wildman–Crippen LogP) is 4.05. The van der Waals surface area contributed by atoms with Crippen LogP contribution in [0.3, 0.4) is 0 Å². The highest BCUT2D eigenvalue weighted by atomic mass is 79.9. The molecule has 23 heavy (non-hydrogen) atoms.